The fourth-order valence-electron chi connectivity index (χ4n) is 2.27. The number of ether oxygens (including phenoxy) is 1. The van der Waals surface area contributed by atoms with Crippen molar-refractivity contribution in [2.75, 3.05) is 21.1 Å². The molecule has 0 aromatic carbocycles. The standard InChI is InChI=1S/C12H21N3O4S/c1-13-7(16)5-4-6-9(17)10(18)8-11(19-6)20-12(14-8)15(2)3/h6,8-11,17-18H,4-5H2,1-3H3,(H,13,16)/t6-,8+,9-,10-,11+/m1/s1. The lowest BCUT2D eigenvalue weighted by atomic mass is 9.95. The Kier molecular flexibility index (Phi) is 4.90. The Morgan fingerprint density at radius 2 is 2.15 bits per heavy atom. The molecule has 0 bridgehead atoms. The number of hydrogen-bond acceptors (Lipinski definition) is 7. The summed E-state index contributed by atoms with van der Waals surface area (Å²) in [5.74, 6) is -0.110. The molecule has 20 heavy (non-hydrogen) atoms. The van der Waals surface area contributed by atoms with Crippen molar-refractivity contribution in [1.82, 2.24) is 10.2 Å². The molecule has 3 N–H and O–H groups in total. The van der Waals surface area contributed by atoms with Gasteiger partial charge in [-0.25, -0.2) is 0 Å². The van der Waals surface area contributed by atoms with E-state index in [4.69, 9.17) is 4.74 Å². The number of amidine groups is 1. The summed E-state index contributed by atoms with van der Waals surface area (Å²) < 4.78 is 5.80. The van der Waals surface area contributed by atoms with Crippen molar-refractivity contribution in [2.24, 2.45) is 4.99 Å². The van der Waals surface area contributed by atoms with E-state index in [1.54, 1.807) is 7.05 Å². The lowest BCUT2D eigenvalue weighted by molar-refractivity contribution is -0.156. The number of amides is 1. The van der Waals surface area contributed by atoms with E-state index in [-0.39, 0.29) is 17.8 Å². The number of thioether (sulfide) groups is 1. The zero-order valence-corrected chi connectivity index (χ0v) is 12.6. The number of nitrogens with zero attached hydrogens (tertiary/aromatic N) is 2. The molecule has 0 unspecified atom stereocenters. The molecule has 0 aliphatic carbocycles. The predicted octanol–water partition coefficient (Wildman–Crippen LogP) is -1.01. The molecule has 0 aromatic heterocycles. The van der Waals surface area contributed by atoms with E-state index in [9.17, 15) is 15.0 Å². The lowest BCUT2D eigenvalue weighted by Gasteiger charge is -2.38. The SMILES string of the molecule is CNC(=O)CC[C@H]1O[C@H]2SC(N(C)C)=N[C@H]2[C@@H](O)[C@@H]1O. The van der Waals surface area contributed by atoms with Crippen LogP contribution in [0.1, 0.15) is 12.8 Å². The average molecular weight is 303 g/mol. The molecule has 2 aliphatic heterocycles. The van der Waals surface area contributed by atoms with Crippen LogP contribution in [0.2, 0.25) is 0 Å². The van der Waals surface area contributed by atoms with Crippen LogP contribution in [0, 0.1) is 0 Å². The number of aliphatic imine (C=N–C) groups is 1. The van der Waals surface area contributed by atoms with Crippen molar-refractivity contribution in [3.8, 4) is 0 Å². The van der Waals surface area contributed by atoms with Crippen LogP contribution in [0.3, 0.4) is 0 Å². The number of hydrogen-bond donors (Lipinski definition) is 3. The third kappa shape index (κ3) is 3.08. The summed E-state index contributed by atoms with van der Waals surface area (Å²) in [7, 11) is 5.31. The van der Waals surface area contributed by atoms with Crippen molar-refractivity contribution < 1.29 is 19.7 Å². The molecular formula is C12H21N3O4S. The molecule has 0 spiro atoms. The van der Waals surface area contributed by atoms with Gasteiger partial charge in [0.25, 0.3) is 0 Å². The van der Waals surface area contributed by atoms with E-state index in [0.717, 1.165) is 5.17 Å². The maximum Gasteiger partial charge on any atom is 0.219 e. The van der Waals surface area contributed by atoms with Crippen molar-refractivity contribution in [3.05, 3.63) is 0 Å². The van der Waals surface area contributed by atoms with Crippen LogP contribution < -0.4 is 5.32 Å². The highest BCUT2D eigenvalue weighted by Gasteiger charge is 2.48. The van der Waals surface area contributed by atoms with Crippen molar-refractivity contribution in [2.45, 2.75) is 42.6 Å². The largest absolute Gasteiger partial charge is 0.388 e. The molecule has 0 radical (unpaired) electrons. The van der Waals surface area contributed by atoms with Gasteiger partial charge in [0.15, 0.2) is 5.17 Å². The van der Waals surface area contributed by atoms with Gasteiger partial charge in [-0.1, -0.05) is 11.8 Å². The molecule has 5 atom stereocenters. The fraction of sp³-hybridized carbons (Fsp3) is 0.833. The Morgan fingerprint density at radius 1 is 1.45 bits per heavy atom. The van der Waals surface area contributed by atoms with Gasteiger partial charge >= 0.3 is 0 Å². The van der Waals surface area contributed by atoms with Crippen LogP contribution in [0.5, 0.6) is 0 Å². The fourth-order valence-corrected chi connectivity index (χ4v) is 3.43. The number of aliphatic hydroxyl groups excluding tert-OH is 2. The van der Waals surface area contributed by atoms with Gasteiger partial charge in [0, 0.05) is 27.6 Å². The molecular weight excluding hydrogens is 282 g/mol. The Hall–Kier alpha value is -0.830. The zero-order chi connectivity index (χ0) is 14.9. The van der Waals surface area contributed by atoms with Gasteiger partial charge in [-0.3, -0.25) is 9.79 Å². The molecule has 1 fully saturated rings. The lowest BCUT2D eigenvalue weighted by Crippen LogP contribution is -2.54. The van der Waals surface area contributed by atoms with Crippen LogP contribution in [0.4, 0.5) is 0 Å². The Balaban J connectivity index is 2.00. The highest BCUT2D eigenvalue weighted by molar-refractivity contribution is 8.14. The number of fused-ring (bicyclic) bond motifs is 1. The minimum Gasteiger partial charge on any atom is -0.388 e. The van der Waals surface area contributed by atoms with E-state index in [1.807, 2.05) is 19.0 Å². The summed E-state index contributed by atoms with van der Waals surface area (Å²) >= 11 is 1.43. The second-order valence-electron chi connectivity index (χ2n) is 5.15. The highest BCUT2D eigenvalue weighted by Crippen LogP contribution is 2.37. The Bertz CT molecular complexity index is 404. The third-order valence-electron chi connectivity index (χ3n) is 3.47. The normalized spacial score (nSPS) is 36.2. The summed E-state index contributed by atoms with van der Waals surface area (Å²) in [4.78, 5) is 17.5. The van der Waals surface area contributed by atoms with E-state index in [1.165, 1.54) is 11.8 Å². The summed E-state index contributed by atoms with van der Waals surface area (Å²) in [5.41, 5.74) is -0.305. The molecule has 1 saturated heterocycles. The van der Waals surface area contributed by atoms with Gasteiger partial charge in [-0.15, -0.1) is 0 Å². The molecule has 8 heteroatoms. The van der Waals surface area contributed by atoms with E-state index >= 15 is 0 Å². The molecule has 0 aromatic rings. The number of carbonyl (C=O) groups is 1. The van der Waals surface area contributed by atoms with E-state index in [0.29, 0.717) is 6.42 Å². The molecule has 2 rings (SSSR count). The van der Waals surface area contributed by atoms with Gasteiger partial charge in [0.1, 0.15) is 23.7 Å². The summed E-state index contributed by atoms with van der Waals surface area (Å²) in [5, 5.41) is 23.6. The van der Waals surface area contributed by atoms with Crippen LogP contribution in [0.25, 0.3) is 0 Å². The topological polar surface area (TPSA) is 94.4 Å². The molecule has 2 aliphatic rings. The van der Waals surface area contributed by atoms with Gasteiger partial charge in [-0.05, 0) is 6.42 Å². The number of nitrogens with one attached hydrogen (secondary N) is 1. The van der Waals surface area contributed by atoms with Gasteiger partial charge in [0.05, 0.1) is 6.10 Å². The van der Waals surface area contributed by atoms with Crippen LogP contribution >= 0.6 is 11.8 Å². The molecule has 0 saturated carbocycles. The number of aliphatic hydroxyl groups is 2. The molecule has 2 heterocycles. The molecule has 114 valence electrons. The van der Waals surface area contributed by atoms with Crippen molar-refractivity contribution >= 4 is 22.8 Å². The monoisotopic (exact) mass is 303 g/mol. The summed E-state index contributed by atoms with van der Waals surface area (Å²) in [6.07, 6.45) is -1.90. The van der Waals surface area contributed by atoms with Gasteiger partial charge in [0.2, 0.25) is 5.91 Å². The van der Waals surface area contributed by atoms with E-state index in [2.05, 4.69) is 10.3 Å². The highest BCUT2D eigenvalue weighted by atomic mass is 32.2. The maximum absolute atomic E-state index is 11.3. The second kappa shape index (κ2) is 6.30. The maximum atomic E-state index is 11.3. The minimum atomic E-state index is -1.02. The van der Waals surface area contributed by atoms with Crippen LogP contribution in [-0.2, 0) is 9.53 Å². The van der Waals surface area contributed by atoms with Gasteiger partial charge in [-0.2, -0.15) is 0 Å². The quantitative estimate of drug-likeness (QED) is 0.619. The Labute approximate surface area is 122 Å². The second-order valence-corrected chi connectivity index (χ2v) is 6.22. The van der Waals surface area contributed by atoms with Crippen LogP contribution in [0.15, 0.2) is 4.99 Å². The first-order valence-corrected chi connectivity index (χ1v) is 7.46. The van der Waals surface area contributed by atoms with Gasteiger partial charge < -0.3 is 25.2 Å². The first kappa shape index (κ1) is 15.6. The molecule has 1 amide bonds. The van der Waals surface area contributed by atoms with Crippen molar-refractivity contribution in [3.63, 3.8) is 0 Å². The average Bonchev–Trinajstić information content (AvgIpc) is 2.85. The summed E-state index contributed by atoms with van der Waals surface area (Å²) in [6.45, 7) is 0. The third-order valence-corrected chi connectivity index (χ3v) is 4.77. The minimum absolute atomic E-state index is 0.110. The smallest absolute Gasteiger partial charge is 0.219 e. The van der Waals surface area contributed by atoms with Crippen LogP contribution in [-0.4, -0.2) is 77.1 Å². The first-order valence-electron chi connectivity index (χ1n) is 6.58. The molecule has 7 nitrogen and oxygen atoms in total. The zero-order valence-electron chi connectivity index (χ0n) is 11.8. The number of carbonyl (C=O) groups excluding carboxylic acids is 1. The van der Waals surface area contributed by atoms with Crippen molar-refractivity contribution in [1.29, 1.82) is 0 Å². The summed E-state index contributed by atoms with van der Waals surface area (Å²) in [6, 6.07) is -0.455. The first-order chi connectivity index (χ1) is 9.43. The predicted molar refractivity (Wildman–Crippen MR) is 76.5 cm³/mol. The van der Waals surface area contributed by atoms with E-state index < -0.39 is 24.4 Å². The number of rotatable bonds is 3. The Morgan fingerprint density at radius 3 is 2.75 bits per heavy atom.